The highest BCUT2D eigenvalue weighted by Crippen LogP contribution is 1.91. The summed E-state index contributed by atoms with van der Waals surface area (Å²) >= 11 is 0. The van der Waals surface area contributed by atoms with Crippen molar-refractivity contribution in [3.8, 4) is 0 Å². The third kappa shape index (κ3) is 0.841. The maximum atomic E-state index is 10.1. The molecule has 1 heterocycles. The molecule has 0 aromatic carbocycles. The molecule has 1 rings (SSSR count). The molecule has 0 fully saturated rings. The van der Waals surface area contributed by atoms with E-state index in [-0.39, 0.29) is 0 Å². The van der Waals surface area contributed by atoms with Crippen molar-refractivity contribution < 1.29 is 9.59 Å². The molecule has 0 bridgehead atoms. The largest absolute Gasteiger partial charge is 0.288 e. The summed E-state index contributed by atoms with van der Waals surface area (Å²) in [5.41, 5.74) is 0. The monoisotopic (exact) mass is 110 g/mol. The van der Waals surface area contributed by atoms with Crippen LogP contribution in [-0.2, 0) is 9.59 Å². The number of hydrogen-bond acceptors (Lipinski definition) is 2. The topological polar surface area (TPSA) is 58.9 Å². The number of rotatable bonds is 0. The van der Waals surface area contributed by atoms with Crippen LogP contribution < -0.4 is 0 Å². The molecule has 4 heteroatoms. The van der Waals surface area contributed by atoms with Gasteiger partial charge in [-0.2, -0.15) is 0 Å². The molecule has 8 heavy (non-hydrogen) atoms. The van der Waals surface area contributed by atoms with E-state index in [1.165, 1.54) is 0 Å². The first-order valence-corrected chi connectivity index (χ1v) is 1.97. The van der Waals surface area contributed by atoms with Gasteiger partial charge in [0.25, 0.3) is 11.8 Å². The van der Waals surface area contributed by atoms with Gasteiger partial charge in [0.2, 0.25) is 0 Å². The van der Waals surface area contributed by atoms with Crippen LogP contribution in [0.5, 0.6) is 0 Å². The van der Waals surface area contributed by atoms with E-state index in [0.717, 1.165) is 12.2 Å². The van der Waals surface area contributed by atoms with E-state index in [1.807, 2.05) is 0 Å². The Kier molecular flexibility index (Phi) is 0.997. The first kappa shape index (κ1) is 4.83. The van der Waals surface area contributed by atoms with E-state index in [9.17, 15) is 9.59 Å². The molecule has 40 valence electrons. The molecule has 1 aliphatic rings. The summed E-state index contributed by atoms with van der Waals surface area (Å²) in [5, 5.41) is 5.92. The number of amides is 2. The number of carbonyl (C=O) groups is 2. The zero-order valence-electron chi connectivity index (χ0n) is 3.87. The summed E-state index contributed by atoms with van der Waals surface area (Å²) in [5.74, 6) is -0.964. The summed E-state index contributed by atoms with van der Waals surface area (Å²) in [6.45, 7) is 0. The minimum absolute atomic E-state index is 0.482. The highest BCUT2D eigenvalue weighted by atomic mass is 16.2. The molecule has 0 radical (unpaired) electrons. The van der Waals surface area contributed by atoms with E-state index in [0.29, 0.717) is 0 Å². The van der Waals surface area contributed by atoms with Gasteiger partial charge in [0.1, 0.15) is 0 Å². The van der Waals surface area contributed by atoms with E-state index in [2.05, 4.69) is 10.2 Å². The van der Waals surface area contributed by atoms with Crippen molar-refractivity contribution >= 4 is 11.8 Å². The molecule has 0 unspecified atom stereocenters. The van der Waals surface area contributed by atoms with Crippen LogP contribution in [0.4, 0.5) is 0 Å². The minimum Gasteiger partial charge on any atom is -0.266 e. The number of azo groups is 1. The van der Waals surface area contributed by atoms with Crippen molar-refractivity contribution in [3.63, 3.8) is 0 Å². The Labute approximate surface area is 44.9 Å². The smallest absolute Gasteiger partial charge is 0.266 e. The maximum absolute atomic E-state index is 10.1. The molecule has 0 saturated heterocycles. The molecule has 2 amide bonds. The average molecular weight is 110 g/mol. The number of hydrogen-bond donors (Lipinski definition) is 0. The Balaban J connectivity index is 2.83. The normalized spacial score (nSPS) is 17.5. The van der Waals surface area contributed by atoms with Crippen LogP contribution in [0.2, 0.25) is 0 Å². The van der Waals surface area contributed by atoms with Gasteiger partial charge in [-0.15, -0.1) is 10.2 Å². The molecule has 0 N–H and O–H groups in total. The van der Waals surface area contributed by atoms with Crippen LogP contribution in [0.25, 0.3) is 0 Å². The lowest BCUT2D eigenvalue weighted by Crippen LogP contribution is -1.96. The van der Waals surface area contributed by atoms with Crippen molar-refractivity contribution in [2.24, 2.45) is 10.2 Å². The van der Waals surface area contributed by atoms with Crippen LogP contribution in [0, 0.1) is 0 Å². The Morgan fingerprint density at radius 1 is 1.00 bits per heavy atom. The van der Waals surface area contributed by atoms with Crippen molar-refractivity contribution in [3.05, 3.63) is 12.2 Å². The molecule has 0 spiro atoms. The maximum Gasteiger partial charge on any atom is 0.288 e. The summed E-state index contributed by atoms with van der Waals surface area (Å²) < 4.78 is 0. The fourth-order valence-corrected chi connectivity index (χ4v) is 0.308. The van der Waals surface area contributed by atoms with E-state index in [1.54, 1.807) is 0 Å². The Hall–Kier alpha value is -1.32. The van der Waals surface area contributed by atoms with Gasteiger partial charge in [0.15, 0.2) is 0 Å². The zero-order valence-corrected chi connectivity index (χ0v) is 3.87. The summed E-state index contributed by atoms with van der Waals surface area (Å²) in [6, 6.07) is 0. The van der Waals surface area contributed by atoms with Crippen molar-refractivity contribution in [1.82, 2.24) is 0 Å². The fourth-order valence-electron chi connectivity index (χ4n) is 0.308. The third-order valence-electron chi connectivity index (χ3n) is 0.616. The van der Waals surface area contributed by atoms with E-state index >= 15 is 0 Å². The number of carbonyl (C=O) groups excluding carboxylic acids is 2. The van der Waals surface area contributed by atoms with Crippen LogP contribution in [0.3, 0.4) is 0 Å². The van der Waals surface area contributed by atoms with Crippen LogP contribution in [-0.4, -0.2) is 11.8 Å². The van der Waals surface area contributed by atoms with Crippen molar-refractivity contribution in [2.75, 3.05) is 0 Å². The first-order chi connectivity index (χ1) is 3.79. The van der Waals surface area contributed by atoms with Gasteiger partial charge in [-0.1, -0.05) is 0 Å². The predicted molar refractivity (Wildman–Crippen MR) is 24.0 cm³/mol. The molecule has 4 nitrogen and oxygen atoms in total. The molecular formula is C4H2N2O2. The second-order valence-corrected chi connectivity index (χ2v) is 1.21. The highest BCUT2D eigenvalue weighted by molar-refractivity contribution is 6.00. The molecule has 0 aromatic heterocycles. The SMILES string of the molecule is O=C1C=CC(=O)N=N1. The van der Waals surface area contributed by atoms with Crippen molar-refractivity contribution in [2.45, 2.75) is 0 Å². The van der Waals surface area contributed by atoms with E-state index < -0.39 is 11.8 Å². The Bertz CT molecular complexity index is 154. The molecule has 1 aliphatic heterocycles. The number of nitrogens with zero attached hydrogens (tertiary/aromatic N) is 2. The van der Waals surface area contributed by atoms with Gasteiger partial charge in [-0.3, -0.25) is 9.59 Å². The Morgan fingerprint density at radius 3 is 1.62 bits per heavy atom. The molecule has 0 aliphatic carbocycles. The van der Waals surface area contributed by atoms with Crippen LogP contribution >= 0.6 is 0 Å². The third-order valence-corrected chi connectivity index (χ3v) is 0.616. The Morgan fingerprint density at radius 2 is 1.38 bits per heavy atom. The summed E-state index contributed by atoms with van der Waals surface area (Å²) in [7, 11) is 0. The van der Waals surface area contributed by atoms with Crippen LogP contribution in [0.1, 0.15) is 0 Å². The second kappa shape index (κ2) is 1.65. The minimum atomic E-state index is -0.482. The average Bonchev–Trinajstić information content (AvgIpc) is 1.77. The zero-order chi connectivity index (χ0) is 5.98. The van der Waals surface area contributed by atoms with Gasteiger partial charge in [-0.25, -0.2) is 0 Å². The lowest BCUT2D eigenvalue weighted by atomic mass is 10.4. The van der Waals surface area contributed by atoms with Crippen LogP contribution in [0.15, 0.2) is 22.4 Å². The quantitative estimate of drug-likeness (QED) is 0.442. The molecule has 0 saturated carbocycles. The lowest BCUT2D eigenvalue weighted by molar-refractivity contribution is -0.119. The van der Waals surface area contributed by atoms with Gasteiger partial charge in [0.05, 0.1) is 0 Å². The predicted octanol–water partition coefficient (Wildman–Crippen LogP) is 0.0616. The fraction of sp³-hybridized carbons (Fsp3) is 0. The summed E-state index contributed by atoms with van der Waals surface area (Å²) in [4.78, 5) is 20.2. The molecule has 0 aromatic rings. The highest BCUT2D eigenvalue weighted by Gasteiger charge is 2.01. The molecule has 0 atom stereocenters. The molecular weight excluding hydrogens is 108 g/mol. The van der Waals surface area contributed by atoms with Gasteiger partial charge in [-0.05, 0) is 0 Å². The van der Waals surface area contributed by atoms with E-state index in [4.69, 9.17) is 0 Å². The summed E-state index contributed by atoms with van der Waals surface area (Å²) in [6.07, 6.45) is 2.16. The second-order valence-electron chi connectivity index (χ2n) is 1.21. The standard InChI is InChI=1S/C4H2N2O2/c7-3-1-2-4(8)6-5-3/h1-2H. The van der Waals surface area contributed by atoms with Gasteiger partial charge < -0.3 is 0 Å². The van der Waals surface area contributed by atoms with Gasteiger partial charge >= 0.3 is 0 Å². The van der Waals surface area contributed by atoms with Gasteiger partial charge in [0, 0.05) is 12.2 Å². The first-order valence-electron chi connectivity index (χ1n) is 1.97. The lowest BCUT2D eigenvalue weighted by Gasteiger charge is -1.85. The van der Waals surface area contributed by atoms with Crippen molar-refractivity contribution in [1.29, 1.82) is 0 Å².